The smallest absolute Gasteiger partial charge is 0.264 e. The van der Waals surface area contributed by atoms with Crippen LogP contribution in [0.2, 0.25) is 15.1 Å². The van der Waals surface area contributed by atoms with Crippen molar-refractivity contribution in [1.29, 1.82) is 0 Å². The van der Waals surface area contributed by atoms with E-state index in [-0.39, 0.29) is 35.5 Å². The van der Waals surface area contributed by atoms with E-state index in [4.69, 9.17) is 34.8 Å². The highest BCUT2D eigenvalue weighted by atomic mass is 35.5. The zero-order chi connectivity index (χ0) is 33.4. The Bertz CT molecular complexity index is 1750. The Morgan fingerprint density at radius 2 is 1.43 bits per heavy atom. The Hall–Kier alpha value is -3.56. The van der Waals surface area contributed by atoms with Gasteiger partial charge in [0.05, 0.1) is 10.6 Å². The largest absolute Gasteiger partial charge is 0.352 e. The molecule has 0 radical (unpaired) electrons. The van der Waals surface area contributed by atoms with E-state index >= 15 is 0 Å². The normalized spacial score (nSPS) is 12.7. The van der Waals surface area contributed by atoms with Gasteiger partial charge in [0.2, 0.25) is 11.8 Å². The molecule has 11 heteroatoms. The molecule has 0 fully saturated rings. The van der Waals surface area contributed by atoms with Crippen molar-refractivity contribution in [3.63, 3.8) is 0 Å². The Morgan fingerprint density at radius 3 is 2.02 bits per heavy atom. The van der Waals surface area contributed by atoms with Gasteiger partial charge in [0.1, 0.15) is 12.6 Å². The average Bonchev–Trinajstić information content (AvgIpc) is 3.04. The molecule has 0 saturated heterocycles. The third-order valence-corrected chi connectivity index (χ3v) is 10.6. The van der Waals surface area contributed by atoms with Crippen molar-refractivity contribution >= 4 is 62.3 Å². The van der Waals surface area contributed by atoms with Gasteiger partial charge in [-0.15, -0.1) is 0 Å². The number of rotatable bonds is 13. The van der Waals surface area contributed by atoms with Crippen LogP contribution in [0.4, 0.5) is 5.69 Å². The zero-order valence-corrected chi connectivity index (χ0v) is 28.9. The molecule has 4 aromatic carbocycles. The van der Waals surface area contributed by atoms with Crippen molar-refractivity contribution in [2.45, 2.75) is 57.1 Å². The highest BCUT2D eigenvalue weighted by Gasteiger charge is 2.35. The second-order valence-corrected chi connectivity index (χ2v) is 14.1. The molecule has 1 N–H and O–H groups in total. The van der Waals surface area contributed by atoms with Crippen LogP contribution in [0.1, 0.15) is 37.0 Å². The second-order valence-electron chi connectivity index (χ2n) is 11.0. The third kappa shape index (κ3) is 8.62. The number of carbonyl (C=O) groups is 2. The highest BCUT2D eigenvalue weighted by Crippen LogP contribution is 2.30. The predicted molar refractivity (Wildman–Crippen MR) is 186 cm³/mol. The SMILES string of the molecule is CC[C@@H](C)NC(=O)[C@@H](Cc1ccccc1)N(Cc1c(Cl)cccc1Cl)C(=O)CN(c1ccc(C)c(Cl)c1)S(=O)(=O)c1ccccc1. The molecule has 0 aliphatic rings. The van der Waals surface area contributed by atoms with Crippen molar-refractivity contribution in [1.82, 2.24) is 10.2 Å². The quantitative estimate of drug-likeness (QED) is 0.155. The number of amides is 2. The molecule has 0 heterocycles. The van der Waals surface area contributed by atoms with Gasteiger partial charge < -0.3 is 10.2 Å². The van der Waals surface area contributed by atoms with Crippen LogP contribution >= 0.6 is 34.8 Å². The van der Waals surface area contributed by atoms with Crippen molar-refractivity contribution in [2.75, 3.05) is 10.8 Å². The minimum Gasteiger partial charge on any atom is -0.352 e. The van der Waals surface area contributed by atoms with Crippen LogP contribution in [-0.2, 0) is 32.6 Å². The topological polar surface area (TPSA) is 86.8 Å². The van der Waals surface area contributed by atoms with Crippen molar-refractivity contribution < 1.29 is 18.0 Å². The molecule has 0 saturated carbocycles. The summed E-state index contributed by atoms with van der Waals surface area (Å²) in [7, 11) is -4.25. The zero-order valence-electron chi connectivity index (χ0n) is 25.8. The third-order valence-electron chi connectivity index (χ3n) is 7.72. The van der Waals surface area contributed by atoms with Crippen LogP contribution in [0.15, 0.2) is 102 Å². The van der Waals surface area contributed by atoms with Gasteiger partial charge >= 0.3 is 0 Å². The standard InChI is InChI=1S/C35H36Cl3N3O4S/c1-4-25(3)39-35(43)33(20-26-12-7-5-8-13-26)40(22-29-30(36)16-11-17-31(29)37)34(42)23-41(27-19-18-24(2)32(38)21-27)46(44,45)28-14-9-6-10-15-28/h5-19,21,25,33H,4,20,22-23H2,1-3H3,(H,39,43)/t25-,33-/m1/s1. The van der Waals surface area contributed by atoms with E-state index in [0.29, 0.717) is 27.1 Å². The summed E-state index contributed by atoms with van der Waals surface area (Å²) in [6.07, 6.45) is 0.837. The molecule has 0 unspecified atom stereocenters. The van der Waals surface area contributed by atoms with E-state index < -0.39 is 28.5 Å². The Kier molecular flexibility index (Phi) is 12.1. The summed E-state index contributed by atoms with van der Waals surface area (Å²) in [5.74, 6) is -1.02. The molecule has 4 rings (SSSR count). The molecule has 0 spiro atoms. The van der Waals surface area contributed by atoms with Crippen LogP contribution in [0, 0.1) is 6.92 Å². The molecule has 46 heavy (non-hydrogen) atoms. The van der Waals surface area contributed by atoms with E-state index in [9.17, 15) is 18.0 Å². The van der Waals surface area contributed by atoms with Gasteiger partial charge in [-0.1, -0.05) is 102 Å². The molecular formula is C35H36Cl3N3O4S. The van der Waals surface area contributed by atoms with E-state index in [1.54, 1.807) is 55.5 Å². The van der Waals surface area contributed by atoms with Crippen LogP contribution in [0.3, 0.4) is 0 Å². The number of hydrogen-bond donors (Lipinski definition) is 1. The molecule has 0 aliphatic heterocycles. The number of nitrogens with zero attached hydrogens (tertiary/aromatic N) is 2. The Balaban J connectivity index is 1.85. The number of nitrogens with one attached hydrogen (secondary N) is 1. The first-order valence-electron chi connectivity index (χ1n) is 14.8. The van der Waals surface area contributed by atoms with Gasteiger partial charge in [-0.25, -0.2) is 8.42 Å². The minimum atomic E-state index is -4.25. The summed E-state index contributed by atoms with van der Waals surface area (Å²) in [5.41, 5.74) is 2.19. The summed E-state index contributed by atoms with van der Waals surface area (Å²) in [6, 6.07) is 25.7. The number of aryl methyl sites for hydroxylation is 1. The first-order chi connectivity index (χ1) is 21.9. The Morgan fingerprint density at radius 1 is 0.826 bits per heavy atom. The summed E-state index contributed by atoms with van der Waals surface area (Å²) in [5, 5.41) is 3.97. The second kappa shape index (κ2) is 15.8. The highest BCUT2D eigenvalue weighted by molar-refractivity contribution is 7.92. The predicted octanol–water partition coefficient (Wildman–Crippen LogP) is 7.71. The summed E-state index contributed by atoms with van der Waals surface area (Å²) in [4.78, 5) is 29.9. The van der Waals surface area contributed by atoms with Crippen LogP contribution < -0.4 is 9.62 Å². The molecule has 0 bridgehead atoms. The lowest BCUT2D eigenvalue weighted by atomic mass is 10.0. The summed E-state index contributed by atoms with van der Waals surface area (Å²) in [6.45, 7) is 4.86. The van der Waals surface area contributed by atoms with Crippen molar-refractivity contribution in [3.8, 4) is 0 Å². The van der Waals surface area contributed by atoms with Gasteiger partial charge in [0.25, 0.3) is 10.0 Å². The summed E-state index contributed by atoms with van der Waals surface area (Å²) < 4.78 is 29.3. The van der Waals surface area contributed by atoms with Gasteiger partial charge in [-0.05, 0) is 67.8 Å². The van der Waals surface area contributed by atoms with E-state index in [1.165, 1.54) is 23.1 Å². The molecule has 7 nitrogen and oxygen atoms in total. The van der Waals surface area contributed by atoms with Gasteiger partial charge in [0.15, 0.2) is 0 Å². The minimum absolute atomic E-state index is 0.00413. The van der Waals surface area contributed by atoms with Gasteiger partial charge in [-0.2, -0.15) is 0 Å². The van der Waals surface area contributed by atoms with E-state index in [1.807, 2.05) is 44.2 Å². The fourth-order valence-corrected chi connectivity index (χ4v) is 6.95. The average molecular weight is 701 g/mol. The maximum absolute atomic E-state index is 14.6. The molecule has 242 valence electrons. The molecular weight excluding hydrogens is 665 g/mol. The van der Waals surface area contributed by atoms with Gasteiger partial charge in [-0.3, -0.25) is 13.9 Å². The molecule has 2 amide bonds. The monoisotopic (exact) mass is 699 g/mol. The first kappa shape index (κ1) is 35.3. The van der Waals surface area contributed by atoms with E-state index in [2.05, 4.69) is 5.32 Å². The number of anilines is 1. The van der Waals surface area contributed by atoms with Gasteiger partial charge in [0, 0.05) is 39.6 Å². The molecule has 4 aromatic rings. The lowest BCUT2D eigenvalue weighted by molar-refractivity contribution is -0.140. The number of carbonyl (C=O) groups excluding carboxylic acids is 2. The number of hydrogen-bond acceptors (Lipinski definition) is 4. The van der Waals surface area contributed by atoms with E-state index in [0.717, 1.165) is 15.4 Å². The van der Waals surface area contributed by atoms with Crippen molar-refractivity contribution in [3.05, 3.63) is 129 Å². The Labute approximate surface area is 286 Å². The van der Waals surface area contributed by atoms with Crippen LogP contribution in [0.25, 0.3) is 0 Å². The fourth-order valence-electron chi connectivity index (χ4n) is 4.83. The lowest BCUT2D eigenvalue weighted by Crippen LogP contribution is -2.54. The van der Waals surface area contributed by atoms with Crippen molar-refractivity contribution in [2.24, 2.45) is 0 Å². The number of benzene rings is 4. The lowest BCUT2D eigenvalue weighted by Gasteiger charge is -2.34. The summed E-state index contributed by atoms with van der Waals surface area (Å²) >= 11 is 19.6. The molecule has 0 aliphatic carbocycles. The first-order valence-corrected chi connectivity index (χ1v) is 17.4. The molecule has 0 aromatic heterocycles. The van der Waals surface area contributed by atoms with Crippen LogP contribution in [0.5, 0.6) is 0 Å². The fraction of sp³-hybridized carbons (Fsp3) is 0.257. The molecule has 2 atom stereocenters. The maximum atomic E-state index is 14.6. The number of halogens is 3. The van der Waals surface area contributed by atoms with Crippen LogP contribution in [-0.4, -0.2) is 43.8 Å². The maximum Gasteiger partial charge on any atom is 0.264 e. The number of sulfonamides is 1.